The van der Waals surface area contributed by atoms with Crippen LogP contribution in [-0.4, -0.2) is 71.0 Å². The Morgan fingerprint density at radius 3 is 2.59 bits per heavy atom. The number of amides is 1. The second-order valence-electron chi connectivity index (χ2n) is 9.90. The maximum Gasteiger partial charge on any atom is 0.248 e. The normalized spacial score (nSPS) is 15.3. The predicted molar refractivity (Wildman–Crippen MR) is 146 cm³/mol. The van der Waals surface area contributed by atoms with Crippen LogP contribution in [0.5, 0.6) is 5.75 Å². The van der Waals surface area contributed by atoms with Gasteiger partial charge in [0.15, 0.2) is 0 Å². The van der Waals surface area contributed by atoms with Crippen molar-refractivity contribution in [1.29, 1.82) is 0 Å². The first-order chi connectivity index (χ1) is 17.6. The molecule has 1 aliphatic heterocycles. The predicted octanol–water partition coefficient (Wildman–Crippen LogP) is 5.09. The van der Waals surface area contributed by atoms with Gasteiger partial charge in [0.1, 0.15) is 23.7 Å². The number of piperazine rings is 1. The standard InChI is InChI=1S/C27H32ClFN6O2/c1-27(2,3)35-12-10-34(11-13-35)9-5-6-25(36)33-23-15-19-22(16-24(23)37-4)30-17-31-26(19)32-18-7-8-21(29)20(28)14-18/h5-8,14-17H,9-13H2,1-4H3,(H,33,36)(H,30,31,32)/b6-5+. The third-order valence-corrected chi connectivity index (χ3v) is 6.64. The Balaban J connectivity index is 1.45. The molecule has 10 heteroatoms. The van der Waals surface area contributed by atoms with Crippen molar-refractivity contribution in [3.8, 4) is 5.75 Å². The number of halogens is 2. The first-order valence-electron chi connectivity index (χ1n) is 12.1. The number of carbonyl (C=O) groups is 1. The van der Waals surface area contributed by atoms with E-state index in [9.17, 15) is 9.18 Å². The van der Waals surface area contributed by atoms with Gasteiger partial charge in [0, 0.05) is 61.5 Å². The molecule has 3 aromatic rings. The van der Waals surface area contributed by atoms with Crippen molar-refractivity contribution < 1.29 is 13.9 Å². The van der Waals surface area contributed by atoms with Crippen LogP contribution in [0.25, 0.3) is 10.9 Å². The summed E-state index contributed by atoms with van der Waals surface area (Å²) >= 11 is 5.91. The minimum absolute atomic E-state index is 0.000789. The van der Waals surface area contributed by atoms with Crippen LogP contribution in [0.2, 0.25) is 5.02 Å². The van der Waals surface area contributed by atoms with Gasteiger partial charge in [-0.25, -0.2) is 14.4 Å². The molecule has 1 fully saturated rings. The van der Waals surface area contributed by atoms with E-state index in [0.717, 1.165) is 26.2 Å². The number of ether oxygens (including phenoxy) is 1. The lowest BCUT2D eigenvalue weighted by molar-refractivity contribution is -0.111. The Kier molecular flexibility index (Phi) is 8.26. The molecule has 0 spiro atoms. The summed E-state index contributed by atoms with van der Waals surface area (Å²) in [5.41, 5.74) is 1.84. The van der Waals surface area contributed by atoms with Gasteiger partial charge in [0.05, 0.1) is 23.3 Å². The van der Waals surface area contributed by atoms with Gasteiger partial charge < -0.3 is 15.4 Å². The first kappa shape index (κ1) is 26.8. The molecule has 1 aliphatic rings. The van der Waals surface area contributed by atoms with E-state index in [2.05, 4.69) is 51.2 Å². The number of aromatic nitrogens is 2. The molecule has 0 aliphatic carbocycles. The topological polar surface area (TPSA) is 82.6 Å². The number of nitrogens with one attached hydrogen (secondary N) is 2. The largest absolute Gasteiger partial charge is 0.494 e. The van der Waals surface area contributed by atoms with Crippen LogP contribution >= 0.6 is 11.6 Å². The molecule has 1 amide bonds. The van der Waals surface area contributed by atoms with Crippen LogP contribution in [0, 0.1) is 5.82 Å². The zero-order valence-corrected chi connectivity index (χ0v) is 22.3. The molecule has 1 saturated heterocycles. The van der Waals surface area contributed by atoms with Crippen molar-refractivity contribution in [2.75, 3.05) is 50.5 Å². The minimum Gasteiger partial charge on any atom is -0.494 e. The first-order valence-corrected chi connectivity index (χ1v) is 12.5. The molecule has 0 radical (unpaired) electrons. The molecule has 0 atom stereocenters. The number of anilines is 3. The van der Waals surface area contributed by atoms with Crippen LogP contribution in [0.4, 0.5) is 21.6 Å². The zero-order valence-electron chi connectivity index (χ0n) is 21.5. The maximum absolute atomic E-state index is 13.6. The Morgan fingerprint density at radius 1 is 1.16 bits per heavy atom. The van der Waals surface area contributed by atoms with Crippen molar-refractivity contribution in [2.45, 2.75) is 26.3 Å². The van der Waals surface area contributed by atoms with Gasteiger partial charge in [-0.1, -0.05) is 17.7 Å². The zero-order chi connectivity index (χ0) is 26.6. The smallest absolute Gasteiger partial charge is 0.248 e. The van der Waals surface area contributed by atoms with E-state index in [1.807, 2.05) is 6.08 Å². The Morgan fingerprint density at radius 2 is 1.92 bits per heavy atom. The highest BCUT2D eigenvalue weighted by atomic mass is 35.5. The highest BCUT2D eigenvalue weighted by molar-refractivity contribution is 6.31. The molecule has 8 nitrogen and oxygen atoms in total. The number of carbonyl (C=O) groups excluding carboxylic acids is 1. The van der Waals surface area contributed by atoms with E-state index in [1.54, 1.807) is 24.3 Å². The van der Waals surface area contributed by atoms with Crippen LogP contribution in [0.1, 0.15) is 20.8 Å². The van der Waals surface area contributed by atoms with E-state index in [-0.39, 0.29) is 16.5 Å². The average molecular weight is 527 g/mol. The number of rotatable bonds is 7. The summed E-state index contributed by atoms with van der Waals surface area (Å²) in [6, 6.07) is 7.80. The number of nitrogens with zero attached hydrogens (tertiary/aromatic N) is 4. The molecule has 196 valence electrons. The second-order valence-corrected chi connectivity index (χ2v) is 10.3. The highest BCUT2D eigenvalue weighted by Crippen LogP contribution is 2.33. The molecule has 2 heterocycles. The Hall–Kier alpha value is -3.27. The molecule has 2 N–H and O–H groups in total. The SMILES string of the molecule is COc1cc2ncnc(Nc3ccc(F)c(Cl)c3)c2cc1NC(=O)/C=C/CN1CCN(C(C)(C)C)CC1. The molecule has 37 heavy (non-hydrogen) atoms. The molecule has 0 unspecified atom stereocenters. The van der Waals surface area contributed by atoms with Gasteiger partial charge in [-0.15, -0.1) is 0 Å². The number of hydrogen-bond donors (Lipinski definition) is 2. The van der Waals surface area contributed by atoms with Gasteiger partial charge in [-0.05, 0) is 45.0 Å². The molecular formula is C27H32ClFN6O2. The Bertz CT molecular complexity index is 1300. The van der Waals surface area contributed by atoms with E-state index in [1.165, 1.54) is 25.6 Å². The monoisotopic (exact) mass is 526 g/mol. The summed E-state index contributed by atoms with van der Waals surface area (Å²) in [5.74, 6) is 0.190. The molecule has 0 bridgehead atoms. The number of hydrogen-bond acceptors (Lipinski definition) is 7. The highest BCUT2D eigenvalue weighted by Gasteiger charge is 2.25. The molecule has 0 saturated carbocycles. The van der Waals surface area contributed by atoms with Crippen molar-refractivity contribution in [2.24, 2.45) is 0 Å². The third-order valence-electron chi connectivity index (χ3n) is 6.35. The Labute approximate surface area is 221 Å². The van der Waals surface area contributed by atoms with Crippen LogP contribution in [0.3, 0.4) is 0 Å². The maximum atomic E-state index is 13.6. The quantitative estimate of drug-likeness (QED) is 0.415. The van der Waals surface area contributed by atoms with Crippen LogP contribution in [0.15, 0.2) is 48.8 Å². The fourth-order valence-corrected chi connectivity index (χ4v) is 4.43. The van der Waals surface area contributed by atoms with Crippen LogP contribution in [-0.2, 0) is 4.79 Å². The summed E-state index contributed by atoms with van der Waals surface area (Å²) in [6.45, 7) is 11.4. The lowest BCUT2D eigenvalue weighted by Gasteiger charge is -2.42. The average Bonchev–Trinajstić information content (AvgIpc) is 2.86. The lowest BCUT2D eigenvalue weighted by Crippen LogP contribution is -2.53. The van der Waals surface area contributed by atoms with Gasteiger partial charge in [-0.3, -0.25) is 14.6 Å². The summed E-state index contributed by atoms with van der Waals surface area (Å²) < 4.78 is 19.0. The van der Waals surface area contributed by atoms with E-state index in [0.29, 0.717) is 40.4 Å². The minimum atomic E-state index is -0.505. The fraction of sp³-hybridized carbons (Fsp3) is 0.370. The van der Waals surface area contributed by atoms with E-state index < -0.39 is 5.82 Å². The number of fused-ring (bicyclic) bond motifs is 1. The van der Waals surface area contributed by atoms with Crippen molar-refractivity contribution >= 4 is 45.6 Å². The summed E-state index contributed by atoms with van der Waals surface area (Å²) in [4.78, 5) is 26.1. The second kappa shape index (κ2) is 11.4. The van der Waals surface area contributed by atoms with Crippen molar-refractivity contribution in [1.82, 2.24) is 19.8 Å². The van der Waals surface area contributed by atoms with Crippen molar-refractivity contribution in [3.05, 3.63) is 59.7 Å². The van der Waals surface area contributed by atoms with Crippen LogP contribution < -0.4 is 15.4 Å². The molecular weight excluding hydrogens is 495 g/mol. The van der Waals surface area contributed by atoms with Gasteiger partial charge >= 0.3 is 0 Å². The van der Waals surface area contributed by atoms with Gasteiger partial charge in [0.25, 0.3) is 0 Å². The summed E-state index contributed by atoms with van der Waals surface area (Å²) in [5, 5.41) is 6.68. The van der Waals surface area contributed by atoms with E-state index >= 15 is 0 Å². The lowest BCUT2D eigenvalue weighted by atomic mass is 10.1. The molecule has 2 aromatic carbocycles. The third kappa shape index (κ3) is 6.74. The molecule has 4 rings (SSSR count). The van der Waals surface area contributed by atoms with Crippen molar-refractivity contribution in [3.63, 3.8) is 0 Å². The number of benzene rings is 2. The molecule has 1 aromatic heterocycles. The summed E-state index contributed by atoms with van der Waals surface area (Å²) in [7, 11) is 1.53. The summed E-state index contributed by atoms with van der Waals surface area (Å²) in [6.07, 6.45) is 4.84. The fourth-order valence-electron chi connectivity index (χ4n) is 4.25. The van der Waals surface area contributed by atoms with Gasteiger partial charge in [-0.2, -0.15) is 0 Å². The number of methoxy groups -OCH3 is 1. The van der Waals surface area contributed by atoms with Gasteiger partial charge in [0.2, 0.25) is 5.91 Å². The van der Waals surface area contributed by atoms with E-state index in [4.69, 9.17) is 16.3 Å².